The van der Waals surface area contributed by atoms with Gasteiger partial charge in [-0.05, 0) is 0 Å². The van der Waals surface area contributed by atoms with Crippen molar-refractivity contribution in [3.63, 3.8) is 0 Å². The zero-order valence-electron chi connectivity index (χ0n) is 37.4. The molecule has 0 radical (unpaired) electrons. The fraction of sp³-hybridized carbons (Fsp3) is 0.167. The second-order valence-corrected chi connectivity index (χ2v) is 21.4. The van der Waals surface area contributed by atoms with Gasteiger partial charge < -0.3 is 0 Å². The number of ether oxygens (including phenoxy) is 5. The van der Waals surface area contributed by atoms with Crippen LogP contribution in [0.5, 0.6) is 0 Å². The van der Waals surface area contributed by atoms with Crippen LogP contribution in [0.15, 0.2) is 249 Å². The van der Waals surface area contributed by atoms with Gasteiger partial charge in [0.2, 0.25) is 0 Å². The number of benzene rings is 8. The summed E-state index contributed by atoms with van der Waals surface area (Å²) in [5, 5.41) is 4.11. The summed E-state index contributed by atoms with van der Waals surface area (Å²) in [6, 6.07) is 83.7. The van der Waals surface area contributed by atoms with Gasteiger partial charge in [-0.15, -0.1) is 0 Å². The van der Waals surface area contributed by atoms with E-state index in [9.17, 15) is 0 Å². The SMILES string of the molecule is C1=C(c2ccccc2)P(c2ccccc2)(c2ccccc2)(c2ccccc2)O[C@@]12O[C@H](COCc1ccccc1)[C@@H](OCc1ccccc1)[C@H](OCc1ccccc1)[C@H]2OCc1ccccc1. The standard InChI is InChI=1S/C60H55O6P/c1-9-25-47(26-10-1)42-61-46-55-57(62-43-48-27-11-2-12-28-48)58(63-44-49-29-13-3-14-30-49)59(64-45-50-31-15-4-16-32-50)60(65-55)41-56(51-33-17-5-18-34-51)67(66-60,52-35-19-6-20-36-52,53-37-21-7-22-38-53)54-39-23-8-24-40-54/h1-41,55,57-59H,42-46H2/t55-,57-,58+,59-,60+/m1/s1. The molecule has 8 aromatic rings. The second kappa shape index (κ2) is 20.3. The van der Waals surface area contributed by atoms with Crippen LogP contribution in [0.4, 0.5) is 0 Å². The summed E-state index contributed by atoms with van der Waals surface area (Å²) in [7, 11) is 0. The van der Waals surface area contributed by atoms with Crippen molar-refractivity contribution in [3.8, 4) is 0 Å². The van der Waals surface area contributed by atoms with Crippen molar-refractivity contribution < 1.29 is 28.2 Å². The molecule has 0 unspecified atom stereocenters. The van der Waals surface area contributed by atoms with Crippen LogP contribution in [0, 0.1) is 0 Å². The molecular weight excluding hydrogens is 848 g/mol. The Bertz CT molecular complexity index is 2700. The molecule has 2 aliphatic rings. The molecule has 67 heavy (non-hydrogen) atoms. The Balaban J connectivity index is 1.22. The first-order valence-electron chi connectivity index (χ1n) is 23.1. The summed E-state index contributed by atoms with van der Waals surface area (Å²) in [6.45, 7) is -2.91. The van der Waals surface area contributed by atoms with Crippen molar-refractivity contribution in [1.82, 2.24) is 0 Å². The summed E-state index contributed by atoms with van der Waals surface area (Å²) in [4.78, 5) is 0. The zero-order valence-corrected chi connectivity index (χ0v) is 38.3. The summed E-state index contributed by atoms with van der Waals surface area (Å²) >= 11 is 0. The van der Waals surface area contributed by atoms with E-state index in [1.165, 1.54) is 0 Å². The van der Waals surface area contributed by atoms with Crippen LogP contribution < -0.4 is 15.9 Å². The predicted octanol–water partition coefficient (Wildman–Crippen LogP) is 11.6. The van der Waals surface area contributed by atoms with Crippen molar-refractivity contribution >= 4 is 28.1 Å². The van der Waals surface area contributed by atoms with E-state index < -0.39 is 37.0 Å². The molecule has 2 heterocycles. The number of rotatable bonds is 17. The molecule has 0 amide bonds. The first-order valence-corrected chi connectivity index (χ1v) is 25.2. The Morgan fingerprint density at radius 2 is 0.746 bits per heavy atom. The van der Waals surface area contributed by atoms with Crippen molar-refractivity contribution in [3.05, 3.63) is 277 Å². The van der Waals surface area contributed by atoms with Crippen molar-refractivity contribution in [2.75, 3.05) is 6.61 Å². The Hall–Kier alpha value is -6.31. The Labute approximate surface area is 394 Å². The third-order valence-electron chi connectivity index (χ3n) is 12.9. The first-order chi connectivity index (χ1) is 33.1. The van der Waals surface area contributed by atoms with Gasteiger partial charge >= 0.3 is 396 Å². The predicted molar refractivity (Wildman–Crippen MR) is 269 cm³/mol. The summed E-state index contributed by atoms with van der Waals surface area (Å²) < 4.78 is 45.0. The number of hydrogen-bond donors (Lipinski definition) is 0. The van der Waals surface area contributed by atoms with Gasteiger partial charge in [-0.1, -0.05) is 0 Å². The Kier molecular flexibility index (Phi) is 13.5. The van der Waals surface area contributed by atoms with E-state index in [1.54, 1.807) is 0 Å². The van der Waals surface area contributed by atoms with Crippen LogP contribution in [0.3, 0.4) is 0 Å². The van der Waals surface area contributed by atoms with Gasteiger partial charge in [0.15, 0.2) is 0 Å². The van der Waals surface area contributed by atoms with Crippen LogP contribution in [0.1, 0.15) is 27.8 Å². The average molecular weight is 903 g/mol. The average Bonchev–Trinajstić information content (AvgIpc) is 3.73. The van der Waals surface area contributed by atoms with Crippen LogP contribution >= 0.6 is 6.83 Å². The fourth-order valence-corrected chi connectivity index (χ4v) is 16.0. The van der Waals surface area contributed by atoms with Gasteiger partial charge in [0.1, 0.15) is 0 Å². The minimum absolute atomic E-state index is 0.183. The normalized spacial score (nSPS) is 22.3. The quantitative estimate of drug-likeness (QED) is 0.0849. The van der Waals surface area contributed by atoms with Crippen molar-refractivity contribution in [2.45, 2.75) is 56.6 Å². The van der Waals surface area contributed by atoms with E-state index in [4.69, 9.17) is 28.2 Å². The molecule has 0 N–H and O–H groups in total. The molecule has 0 aromatic heterocycles. The molecule has 8 aromatic carbocycles. The molecule has 0 saturated carbocycles. The first kappa shape index (κ1) is 44.5. The molecule has 1 fully saturated rings. The summed E-state index contributed by atoms with van der Waals surface area (Å²) in [5.41, 5.74) is 5.13. The van der Waals surface area contributed by atoms with Gasteiger partial charge in [-0.2, -0.15) is 0 Å². The summed E-state index contributed by atoms with van der Waals surface area (Å²) in [6.07, 6.45) is -0.732. The molecule has 7 heteroatoms. The Morgan fingerprint density at radius 3 is 1.18 bits per heavy atom. The van der Waals surface area contributed by atoms with Crippen LogP contribution in [-0.4, -0.2) is 36.8 Å². The van der Waals surface area contributed by atoms with Crippen LogP contribution in [0.25, 0.3) is 5.31 Å². The molecular formula is C60H55O6P. The molecule has 1 spiro atoms. The van der Waals surface area contributed by atoms with Crippen LogP contribution in [0.2, 0.25) is 0 Å². The zero-order chi connectivity index (χ0) is 45.2. The van der Waals surface area contributed by atoms with Gasteiger partial charge in [0.05, 0.1) is 0 Å². The monoisotopic (exact) mass is 902 g/mol. The molecule has 336 valence electrons. The fourth-order valence-electron chi connectivity index (χ4n) is 9.83. The van der Waals surface area contributed by atoms with E-state index in [0.717, 1.165) is 49.0 Å². The number of hydrogen-bond acceptors (Lipinski definition) is 6. The molecule has 2 aliphatic heterocycles. The van der Waals surface area contributed by atoms with Crippen molar-refractivity contribution in [1.29, 1.82) is 0 Å². The topological polar surface area (TPSA) is 55.4 Å². The van der Waals surface area contributed by atoms with Crippen LogP contribution in [-0.2, 0) is 54.6 Å². The third kappa shape index (κ3) is 8.87. The second-order valence-electron chi connectivity index (χ2n) is 17.1. The maximum absolute atomic E-state index is 8.58. The van der Waals surface area contributed by atoms with Gasteiger partial charge in [0, 0.05) is 0 Å². The van der Waals surface area contributed by atoms with E-state index in [-0.39, 0.29) is 13.2 Å². The molecule has 5 atom stereocenters. The Morgan fingerprint density at radius 1 is 0.388 bits per heavy atom. The van der Waals surface area contributed by atoms with Gasteiger partial charge in [-0.25, -0.2) is 0 Å². The van der Waals surface area contributed by atoms with E-state index in [0.29, 0.717) is 19.8 Å². The molecule has 1 saturated heterocycles. The molecule has 6 nitrogen and oxygen atoms in total. The molecule has 0 bridgehead atoms. The maximum atomic E-state index is 8.58. The van der Waals surface area contributed by atoms with E-state index in [2.05, 4.69) is 176 Å². The third-order valence-corrected chi connectivity index (χ3v) is 18.7. The molecule has 0 aliphatic carbocycles. The summed E-state index contributed by atoms with van der Waals surface area (Å²) in [5.74, 6) is -1.58. The van der Waals surface area contributed by atoms with Crippen molar-refractivity contribution in [2.24, 2.45) is 0 Å². The van der Waals surface area contributed by atoms with E-state index in [1.807, 2.05) is 72.8 Å². The van der Waals surface area contributed by atoms with E-state index >= 15 is 0 Å². The minimum atomic E-state index is -4.35. The molecule has 10 rings (SSSR count). The van der Waals surface area contributed by atoms with Gasteiger partial charge in [0.25, 0.3) is 0 Å². The van der Waals surface area contributed by atoms with Gasteiger partial charge in [-0.3, -0.25) is 0 Å².